The van der Waals surface area contributed by atoms with Crippen LogP contribution >= 0.6 is 0 Å². The van der Waals surface area contributed by atoms with Crippen LogP contribution < -0.4 is 10.6 Å². The van der Waals surface area contributed by atoms with Crippen LogP contribution in [0.4, 0.5) is 5.69 Å². The highest BCUT2D eigenvalue weighted by Gasteiger charge is 2.24. The average Bonchev–Trinajstić information content (AvgIpc) is 3.22. The molecule has 1 aliphatic heterocycles. The summed E-state index contributed by atoms with van der Waals surface area (Å²) in [5.41, 5.74) is 2.88. The van der Waals surface area contributed by atoms with Gasteiger partial charge in [0.1, 0.15) is 0 Å². The number of nitrogens with one attached hydrogen (secondary N) is 2. The van der Waals surface area contributed by atoms with Gasteiger partial charge in [0.25, 0.3) is 5.91 Å². The summed E-state index contributed by atoms with van der Waals surface area (Å²) in [5, 5.41) is 6.49. The quantitative estimate of drug-likeness (QED) is 0.750. The molecule has 1 aliphatic rings. The summed E-state index contributed by atoms with van der Waals surface area (Å²) in [5.74, 6) is 0.531. The molecule has 1 amide bonds. The Kier molecular flexibility index (Phi) is 6.82. The van der Waals surface area contributed by atoms with Gasteiger partial charge in [0.2, 0.25) is 0 Å². The van der Waals surface area contributed by atoms with Gasteiger partial charge in [-0.1, -0.05) is 13.8 Å². The molecule has 1 atom stereocenters. The Morgan fingerprint density at radius 1 is 1.07 bits per heavy atom. The molecule has 0 spiro atoms. The van der Waals surface area contributed by atoms with E-state index in [0.29, 0.717) is 24.1 Å². The molecule has 3 rings (SSSR count). The van der Waals surface area contributed by atoms with Crippen molar-refractivity contribution in [3.8, 4) is 0 Å². The lowest BCUT2D eigenvalue weighted by molar-refractivity contribution is 0.0927. The molecule has 0 aliphatic carbocycles. The number of pyridine rings is 1. The third kappa shape index (κ3) is 5.54. The van der Waals surface area contributed by atoms with E-state index in [0.717, 1.165) is 25.3 Å². The summed E-state index contributed by atoms with van der Waals surface area (Å²) in [6, 6.07) is 12.1. The number of nitrogens with zero attached hydrogens (tertiary/aromatic N) is 2. The van der Waals surface area contributed by atoms with E-state index in [1.54, 1.807) is 12.4 Å². The Morgan fingerprint density at radius 2 is 1.74 bits per heavy atom. The minimum atomic E-state index is 0.000491. The van der Waals surface area contributed by atoms with Crippen molar-refractivity contribution in [1.82, 2.24) is 15.2 Å². The lowest BCUT2D eigenvalue weighted by atomic mass is 10.0. The van der Waals surface area contributed by atoms with Crippen LogP contribution in [0.2, 0.25) is 0 Å². The Morgan fingerprint density at radius 3 is 2.37 bits per heavy atom. The van der Waals surface area contributed by atoms with Gasteiger partial charge < -0.3 is 10.6 Å². The molecular weight excluding hydrogens is 336 g/mol. The van der Waals surface area contributed by atoms with Crippen molar-refractivity contribution in [3.05, 3.63) is 59.9 Å². The van der Waals surface area contributed by atoms with E-state index >= 15 is 0 Å². The Hall–Kier alpha value is -2.40. The maximum atomic E-state index is 12.5. The summed E-state index contributed by atoms with van der Waals surface area (Å²) >= 11 is 0. The monoisotopic (exact) mass is 366 g/mol. The second-order valence-electron chi connectivity index (χ2n) is 7.55. The van der Waals surface area contributed by atoms with Crippen LogP contribution in [0.3, 0.4) is 0 Å². The molecule has 1 fully saturated rings. The number of hydrogen-bond donors (Lipinski definition) is 2. The Bertz CT molecular complexity index is 709. The summed E-state index contributed by atoms with van der Waals surface area (Å²) in [6.07, 6.45) is 6.12. The van der Waals surface area contributed by atoms with Gasteiger partial charge in [0, 0.05) is 42.8 Å². The molecule has 0 unspecified atom stereocenters. The summed E-state index contributed by atoms with van der Waals surface area (Å²) in [4.78, 5) is 19.1. The van der Waals surface area contributed by atoms with Gasteiger partial charge in [0.15, 0.2) is 0 Å². The van der Waals surface area contributed by atoms with E-state index in [9.17, 15) is 4.79 Å². The van der Waals surface area contributed by atoms with Gasteiger partial charge in [-0.05, 0) is 73.8 Å². The largest absolute Gasteiger partial charge is 0.381 e. The summed E-state index contributed by atoms with van der Waals surface area (Å²) in [6.45, 7) is 8.21. The molecular formula is C22H30N4O. The van der Waals surface area contributed by atoms with Crippen molar-refractivity contribution in [2.75, 3.05) is 25.0 Å². The number of hydrogen-bond acceptors (Lipinski definition) is 4. The zero-order chi connectivity index (χ0) is 19.1. The van der Waals surface area contributed by atoms with Gasteiger partial charge in [-0.15, -0.1) is 0 Å². The van der Waals surface area contributed by atoms with Crippen molar-refractivity contribution in [1.29, 1.82) is 0 Å². The van der Waals surface area contributed by atoms with Crippen molar-refractivity contribution >= 4 is 11.6 Å². The fourth-order valence-electron chi connectivity index (χ4n) is 3.60. The zero-order valence-electron chi connectivity index (χ0n) is 16.3. The van der Waals surface area contributed by atoms with Gasteiger partial charge in [-0.3, -0.25) is 14.7 Å². The molecule has 0 saturated carbocycles. The predicted octanol–water partition coefficient (Wildman–Crippen LogP) is 3.54. The molecule has 0 radical (unpaired) electrons. The van der Waals surface area contributed by atoms with E-state index in [1.807, 2.05) is 36.4 Å². The highest BCUT2D eigenvalue weighted by molar-refractivity contribution is 5.94. The van der Waals surface area contributed by atoms with Gasteiger partial charge in [0.05, 0.1) is 0 Å². The van der Waals surface area contributed by atoms with E-state index < -0.39 is 0 Å². The van der Waals surface area contributed by atoms with E-state index in [2.05, 4.69) is 34.4 Å². The standard InChI is InChI=1S/C22H30N4O/c1-17(2)21(26-13-3-4-14-26)16-25-22(27)19-5-7-20(8-6-19)24-15-18-9-11-23-12-10-18/h5-12,17,21,24H,3-4,13-16H2,1-2H3,(H,25,27)/t21-/m0/s1. The number of anilines is 1. The van der Waals surface area contributed by atoms with Gasteiger partial charge >= 0.3 is 0 Å². The van der Waals surface area contributed by atoms with Crippen LogP contribution in [0.25, 0.3) is 0 Å². The second kappa shape index (κ2) is 9.51. The van der Waals surface area contributed by atoms with Crippen LogP contribution in [0.15, 0.2) is 48.8 Å². The smallest absolute Gasteiger partial charge is 0.251 e. The average molecular weight is 367 g/mol. The molecule has 2 N–H and O–H groups in total. The van der Waals surface area contributed by atoms with Crippen LogP contribution in [0, 0.1) is 5.92 Å². The molecule has 0 bridgehead atoms. The third-order valence-corrected chi connectivity index (χ3v) is 5.24. The van der Waals surface area contributed by atoms with Gasteiger partial charge in [-0.2, -0.15) is 0 Å². The molecule has 5 heteroatoms. The number of benzene rings is 1. The number of amides is 1. The topological polar surface area (TPSA) is 57.3 Å². The number of carbonyl (C=O) groups is 1. The molecule has 2 aromatic rings. The molecule has 1 aromatic carbocycles. The van der Waals surface area contributed by atoms with Gasteiger partial charge in [-0.25, -0.2) is 0 Å². The van der Waals surface area contributed by atoms with E-state index in [-0.39, 0.29) is 5.91 Å². The first kappa shape index (κ1) is 19.4. The maximum Gasteiger partial charge on any atom is 0.251 e. The molecule has 2 heterocycles. The van der Waals surface area contributed by atoms with Crippen LogP contribution in [-0.4, -0.2) is 41.5 Å². The lowest BCUT2D eigenvalue weighted by Gasteiger charge is -2.31. The predicted molar refractivity (Wildman–Crippen MR) is 110 cm³/mol. The molecule has 1 saturated heterocycles. The summed E-state index contributed by atoms with van der Waals surface area (Å²) < 4.78 is 0. The minimum absolute atomic E-state index is 0.000491. The van der Waals surface area contributed by atoms with Crippen LogP contribution in [0.1, 0.15) is 42.6 Å². The molecule has 144 valence electrons. The molecule has 5 nitrogen and oxygen atoms in total. The zero-order valence-corrected chi connectivity index (χ0v) is 16.3. The van der Waals surface area contributed by atoms with Crippen molar-refractivity contribution in [3.63, 3.8) is 0 Å². The fourth-order valence-corrected chi connectivity index (χ4v) is 3.60. The van der Waals surface area contributed by atoms with E-state index in [4.69, 9.17) is 0 Å². The Labute approximate surface area is 162 Å². The second-order valence-corrected chi connectivity index (χ2v) is 7.55. The normalized spacial score (nSPS) is 15.7. The first-order valence-corrected chi connectivity index (χ1v) is 9.88. The Balaban J connectivity index is 1.50. The third-order valence-electron chi connectivity index (χ3n) is 5.24. The van der Waals surface area contributed by atoms with Crippen molar-refractivity contribution < 1.29 is 4.79 Å². The van der Waals surface area contributed by atoms with E-state index in [1.165, 1.54) is 18.4 Å². The highest BCUT2D eigenvalue weighted by atomic mass is 16.1. The van der Waals surface area contributed by atoms with Crippen LogP contribution in [0.5, 0.6) is 0 Å². The SMILES string of the molecule is CC(C)[C@H](CNC(=O)c1ccc(NCc2ccncc2)cc1)N1CCCC1. The van der Waals surface area contributed by atoms with Crippen LogP contribution in [-0.2, 0) is 6.54 Å². The first-order valence-electron chi connectivity index (χ1n) is 9.88. The summed E-state index contributed by atoms with van der Waals surface area (Å²) in [7, 11) is 0. The number of aromatic nitrogens is 1. The molecule has 27 heavy (non-hydrogen) atoms. The first-order chi connectivity index (χ1) is 13.1. The number of carbonyl (C=O) groups excluding carboxylic acids is 1. The minimum Gasteiger partial charge on any atom is -0.381 e. The lowest BCUT2D eigenvalue weighted by Crippen LogP contribution is -2.45. The van der Waals surface area contributed by atoms with Crippen molar-refractivity contribution in [2.45, 2.75) is 39.3 Å². The number of likely N-dealkylation sites (tertiary alicyclic amines) is 1. The molecule has 1 aromatic heterocycles. The maximum absolute atomic E-state index is 12.5. The highest BCUT2D eigenvalue weighted by Crippen LogP contribution is 2.17. The number of rotatable bonds is 8. The fraction of sp³-hybridized carbons (Fsp3) is 0.455. The van der Waals surface area contributed by atoms with Crippen molar-refractivity contribution in [2.24, 2.45) is 5.92 Å².